The monoisotopic (exact) mass is 370 g/mol. The number of nitrogens with zero attached hydrogens (tertiary/aromatic N) is 2. The maximum absolute atomic E-state index is 13.3. The molecule has 1 saturated heterocycles. The average molecular weight is 370 g/mol. The van der Waals surface area contributed by atoms with Crippen LogP contribution < -0.4 is 10.5 Å². The van der Waals surface area contributed by atoms with Gasteiger partial charge in [0.05, 0.1) is 6.04 Å². The van der Waals surface area contributed by atoms with Crippen LogP contribution in [0.3, 0.4) is 0 Å². The van der Waals surface area contributed by atoms with Crippen molar-refractivity contribution >= 4 is 22.6 Å². The highest BCUT2D eigenvalue weighted by molar-refractivity contribution is 6.00. The molecule has 0 aliphatic carbocycles. The number of phenolic OH excluding ortho intramolecular Hbond substituents is 1. The van der Waals surface area contributed by atoms with Crippen LogP contribution in [0.5, 0.6) is 5.75 Å². The number of carbonyl (C=O) groups is 1. The predicted octanol–water partition coefficient (Wildman–Crippen LogP) is 2.90. The second kappa shape index (κ2) is 7.00. The van der Waals surface area contributed by atoms with Gasteiger partial charge in [-0.05, 0) is 75.4 Å². The number of aromatic hydroxyl groups is 1. The molecule has 1 aromatic heterocycles. The second-order valence-electron chi connectivity index (χ2n) is 7.89. The van der Waals surface area contributed by atoms with E-state index in [9.17, 15) is 14.7 Å². The van der Waals surface area contributed by atoms with E-state index in [1.54, 1.807) is 17.0 Å². The van der Waals surface area contributed by atoms with E-state index in [-0.39, 0.29) is 17.7 Å². The lowest BCUT2D eigenvalue weighted by molar-refractivity contribution is -0.123. The molecule has 2 aliphatic heterocycles. The van der Waals surface area contributed by atoms with Crippen molar-refractivity contribution in [1.29, 1.82) is 0 Å². The highest BCUT2D eigenvalue weighted by atomic mass is 16.4. The summed E-state index contributed by atoms with van der Waals surface area (Å²) in [6.45, 7) is 6.52. The molecule has 1 aromatic carbocycles. The van der Waals surface area contributed by atoms with Crippen LogP contribution in [0.1, 0.15) is 38.7 Å². The Bertz CT molecular complexity index is 928. The normalized spacial score (nSPS) is 19.9. The standard InChI is InChI=1S/C21H26N2O4/c1-13-7-10-22(11-8-13)14(2)20(25)23-9-3-4-16-17-12-15(24)5-6-18(17)27-21(26)19(16)23/h5-6,12-14,24H,3-4,7-11H2,1-2H3. The molecule has 0 spiro atoms. The Hall–Kier alpha value is -2.34. The van der Waals surface area contributed by atoms with Gasteiger partial charge in [-0.1, -0.05) is 6.92 Å². The van der Waals surface area contributed by atoms with Crippen LogP contribution in [0.25, 0.3) is 11.0 Å². The summed E-state index contributed by atoms with van der Waals surface area (Å²) in [5.74, 6) is 0.778. The van der Waals surface area contributed by atoms with Crippen LogP contribution in [-0.4, -0.2) is 41.6 Å². The highest BCUT2D eigenvalue weighted by Gasteiger charge is 2.34. The molecule has 27 heavy (non-hydrogen) atoms. The van der Waals surface area contributed by atoms with Crippen molar-refractivity contribution in [2.45, 2.75) is 45.6 Å². The second-order valence-corrected chi connectivity index (χ2v) is 7.89. The molecule has 0 radical (unpaired) electrons. The fourth-order valence-electron chi connectivity index (χ4n) is 4.31. The van der Waals surface area contributed by atoms with Crippen LogP contribution in [0, 0.1) is 5.92 Å². The lowest BCUT2D eigenvalue weighted by Gasteiger charge is -2.37. The zero-order valence-electron chi connectivity index (χ0n) is 15.9. The molecule has 0 saturated carbocycles. The summed E-state index contributed by atoms with van der Waals surface area (Å²) < 4.78 is 5.46. The van der Waals surface area contributed by atoms with Crippen LogP contribution >= 0.6 is 0 Å². The Labute approximate surface area is 158 Å². The first-order valence-corrected chi connectivity index (χ1v) is 9.80. The molecule has 4 rings (SSSR count). The van der Waals surface area contributed by atoms with Crippen molar-refractivity contribution < 1.29 is 14.3 Å². The quantitative estimate of drug-likeness (QED) is 0.823. The van der Waals surface area contributed by atoms with Gasteiger partial charge in [-0.3, -0.25) is 9.69 Å². The zero-order valence-corrected chi connectivity index (χ0v) is 15.9. The Morgan fingerprint density at radius 2 is 2.00 bits per heavy atom. The number of aryl methyl sites for hydroxylation is 1. The number of phenols is 1. The van der Waals surface area contributed by atoms with Crippen molar-refractivity contribution in [2.75, 3.05) is 24.5 Å². The van der Waals surface area contributed by atoms with Crippen LogP contribution in [0.15, 0.2) is 27.4 Å². The summed E-state index contributed by atoms with van der Waals surface area (Å²) in [5.41, 5.74) is 1.12. The van der Waals surface area contributed by atoms with Gasteiger partial charge < -0.3 is 14.4 Å². The Morgan fingerprint density at radius 1 is 1.26 bits per heavy atom. The summed E-state index contributed by atoms with van der Waals surface area (Å²) in [6.07, 6.45) is 3.68. The van der Waals surface area contributed by atoms with Crippen molar-refractivity contribution in [3.05, 3.63) is 34.2 Å². The first-order valence-electron chi connectivity index (χ1n) is 9.80. The number of amides is 1. The third-order valence-corrected chi connectivity index (χ3v) is 6.04. The van der Waals surface area contributed by atoms with E-state index in [2.05, 4.69) is 11.8 Å². The molecule has 3 heterocycles. The van der Waals surface area contributed by atoms with E-state index in [1.165, 1.54) is 6.07 Å². The number of likely N-dealkylation sites (tertiary alicyclic amines) is 1. The number of piperidine rings is 1. The Kier molecular flexibility index (Phi) is 4.68. The molecular formula is C21H26N2O4. The summed E-state index contributed by atoms with van der Waals surface area (Å²) >= 11 is 0. The third-order valence-electron chi connectivity index (χ3n) is 6.04. The smallest absolute Gasteiger partial charge is 0.360 e. The molecule has 0 bridgehead atoms. The fourth-order valence-corrected chi connectivity index (χ4v) is 4.31. The van der Waals surface area contributed by atoms with Crippen molar-refractivity contribution in [3.63, 3.8) is 0 Å². The van der Waals surface area contributed by atoms with Gasteiger partial charge in [-0.15, -0.1) is 0 Å². The largest absolute Gasteiger partial charge is 0.508 e. The molecule has 2 aliphatic rings. The molecule has 6 heteroatoms. The average Bonchev–Trinajstić information content (AvgIpc) is 2.68. The summed E-state index contributed by atoms with van der Waals surface area (Å²) in [7, 11) is 0. The molecule has 2 aromatic rings. The van der Waals surface area contributed by atoms with Crippen molar-refractivity contribution in [3.8, 4) is 5.75 Å². The van der Waals surface area contributed by atoms with Gasteiger partial charge in [0.25, 0.3) is 0 Å². The predicted molar refractivity (Wildman–Crippen MR) is 104 cm³/mol. The first kappa shape index (κ1) is 18.0. The summed E-state index contributed by atoms with van der Waals surface area (Å²) in [6, 6.07) is 4.45. The van der Waals surface area contributed by atoms with Crippen LogP contribution in [-0.2, 0) is 11.2 Å². The third kappa shape index (κ3) is 3.23. The van der Waals surface area contributed by atoms with Crippen molar-refractivity contribution in [1.82, 2.24) is 4.90 Å². The molecule has 1 fully saturated rings. The maximum Gasteiger partial charge on any atom is 0.360 e. The molecule has 1 atom stereocenters. The molecule has 1 N–H and O–H groups in total. The highest BCUT2D eigenvalue weighted by Crippen LogP contribution is 2.33. The van der Waals surface area contributed by atoms with Gasteiger partial charge in [0.15, 0.2) is 0 Å². The van der Waals surface area contributed by atoms with Crippen LogP contribution in [0.4, 0.5) is 5.69 Å². The van der Waals surface area contributed by atoms with Gasteiger partial charge in [-0.25, -0.2) is 4.79 Å². The number of benzene rings is 1. The molecule has 1 unspecified atom stereocenters. The van der Waals surface area contributed by atoms with Crippen LogP contribution in [0.2, 0.25) is 0 Å². The Morgan fingerprint density at radius 3 is 2.74 bits per heavy atom. The fraction of sp³-hybridized carbons (Fsp3) is 0.524. The molecule has 6 nitrogen and oxygen atoms in total. The van der Waals surface area contributed by atoms with Crippen molar-refractivity contribution in [2.24, 2.45) is 5.92 Å². The lowest BCUT2D eigenvalue weighted by Crippen LogP contribution is -2.51. The molecular weight excluding hydrogens is 344 g/mol. The SMILES string of the molecule is CC1CCN(C(C)C(=O)N2CCCc3c2c(=O)oc2ccc(O)cc32)CC1. The van der Waals surface area contributed by atoms with E-state index in [1.807, 2.05) is 6.92 Å². The number of fused-ring (bicyclic) bond motifs is 3. The minimum absolute atomic E-state index is 0.0442. The number of anilines is 1. The number of hydrogen-bond donors (Lipinski definition) is 1. The van der Waals surface area contributed by atoms with Gasteiger partial charge in [0, 0.05) is 11.9 Å². The summed E-state index contributed by atoms with van der Waals surface area (Å²) in [5, 5.41) is 10.6. The van der Waals surface area contributed by atoms with E-state index in [0.29, 0.717) is 35.5 Å². The maximum atomic E-state index is 13.3. The number of hydrogen-bond acceptors (Lipinski definition) is 5. The minimum Gasteiger partial charge on any atom is -0.508 e. The number of rotatable bonds is 2. The minimum atomic E-state index is -0.476. The Balaban J connectivity index is 1.70. The molecule has 1 amide bonds. The molecule has 144 valence electrons. The van der Waals surface area contributed by atoms with Gasteiger partial charge >= 0.3 is 5.63 Å². The van der Waals surface area contributed by atoms with E-state index >= 15 is 0 Å². The zero-order chi connectivity index (χ0) is 19.1. The van der Waals surface area contributed by atoms with E-state index in [4.69, 9.17) is 4.42 Å². The van der Waals surface area contributed by atoms with E-state index in [0.717, 1.165) is 37.9 Å². The van der Waals surface area contributed by atoms with E-state index < -0.39 is 5.63 Å². The first-order chi connectivity index (χ1) is 13.0. The topological polar surface area (TPSA) is 74.0 Å². The van der Waals surface area contributed by atoms with Gasteiger partial charge in [-0.2, -0.15) is 0 Å². The lowest BCUT2D eigenvalue weighted by atomic mass is 9.96. The van der Waals surface area contributed by atoms with Gasteiger partial charge in [0.1, 0.15) is 17.0 Å². The summed E-state index contributed by atoms with van der Waals surface area (Å²) in [4.78, 5) is 29.8. The van der Waals surface area contributed by atoms with Gasteiger partial charge in [0.2, 0.25) is 5.91 Å². The number of carbonyl (C=O) groups excluding carboxylic acids is 1.